The van der Waals surface area contributed by atoms with Gasteiger partial charge in [0.05, 0.1) is 26.0 Å². The van der Waals surface area contributed by atoms with Crippen molar-refractivity contribution in [3.05, 3.63) is 83.7 Å². The Labute approximate surface area is 260 Å². The van der Waals surface area contributed by atoms with Crippen molar-refractivity contribution in [2.75, 3.05) is 55.1 Å². The van der Waals surface area contributed by atoms with Crippen LogP contribution >= 0.6 is 0 Å². The lowest BCUT2D eigenvalue weighted by Gasteiger charge is -2.40. The van der Waals surface area contributed by atoms with E-state index in [1.807, 2.05) is 4.90 Å². The fourth-order valence-corrected chi connectivity index (χ4v) is 6.82. The molecule has 3 saturated heterocycles. The fourth-order valence-electron chi connectivity index (χ4n) is 6.82. The van der Waals surface area contributed by atoms with Gasteiger partial charge in [-0.05, 0) is 86.2 Å². The number of hydrogen-bond acceptors (Lipinski definition) is 5. The summed E-state index contributed by atoms with van der Waals surface area (Å²) in [6.07, 6.45) is -0.842. The van der Waals surface area contributed by atoms with E-state index >= 15 is 4.39 Å². The van der Waals surface area contributed by atoms with Gasteiger partial charge in [0.25, 0.3) is 0 Å². The van der Waals surface area contributed by atoms with Crippen LogP contribution in [0.15, 0.2) is 54.6 Å². The lowest BCUT2D eigenvalue weighted by molar-refractivity contribution is -0.137. The van der Waals surface area contributed by atoms with Crippen molar-refractivity contribution in [1.29, 1.82) is 0 Å². The fraction of sp³-hybridized carbons (Fsp3) is 0.441. The van der Waals surface area contributed by atoms with E-state index < -0.39 is 17.6 Å². The van der Waals surface area contributed by atoms with E-state index in [2.05, 4.69) is 22.3 Å². The predicted molar refractivity (Wildman–Crippen MR) is 163 cm³/mol. The van der Waals surface area contributed by atoms with Crippen LogP contribution in [0.5, 0.6) is 5.75 Å². The third-order valence-electron chi connectivity index (χ3n) is 9.07. The van der Waals surface area contributed by atoms with E-state index in [-0.39, 0.29) is 24.0 Å². The molecule has 7 nitrogen and oxygen atoms in total. The molecule has 0 spiro atoms. The average molecular weight is 625 g/mol. The number of methoxy groups -OCH3 is 1. The topological polar surface area (TPSA) is 57.3 Å². The molecule has 3 aliphatic rings. The van der Waals surface area contributed by atoms with Gasteiger partial charge in [-0.2, -0.15) is 13.2 Å². The molecule has 2 amide bonds. The van der Waals surface area contributed by atoms with Gasteiger partial charge in [0.1, 0.15) is 17.1 Å². The number of amides is 2. The molecular formula is C34H36F4N4O3. The number of rotatable bonds is 8. The Kier molecular flexibility index (Phi) is 9.06. The van der Waals surface area contributed by atoms with E-state index in [0.29, 0.717) is 67.8 Å². The molecule has 6 rings (SSSR count). The number of nitrogens with zero attached hydrogens (tertiary/aromatic N) is 3. The Balaban J connectivity index is 1.18. The van der Waals surface area contributed by atoms with Crippen molar-refractivity contribution in [2.45, 2.75) is 50.5 Å². The summed E-state index contributed by atoms with van der Waals surface area (Å²) in [5.74, 6) is 0.432. The summed E-state index contributed by atoms with van der Waals surface area (Å²) in [6, 6.07) is 19.6. The van der Waals surface area contributed by atoms with Crippen LogP contribution in [-0.4, -0.2) is 63.0 Å². The Hall–Kier alpha value is -4.01. The molecule has 0 aliphatic carbocycles. The monoisotopic (exact) mass is 624 g/mol. The largest absolute Gasteiger partial charge is 0.497 e. The van der Waals surface area contributed by atoms with Gasteiger partial charge in [0.2, 0.25) is 0 Å². The molecule has 3 aromatic rings. The number of hydrogen-bond donors (Lipinski definition) is 1. The van der Waals surface area contributed by atoms with Crippen LogP contribution in [0.3, 0.4) is 0 Å². The number of halogens is 4. The Morgan fingerprint density at radius 1 is 1.02 bits per heavy atom. The Bertz CT molecular complexity index is 1450. The molecule has 0 aromatic heterocycles. The SMILES string of the molecule is COc1ccc(NC(=O)N(CC2CC3CCC(C2)N3Cc2c#cc(C(F)(F)F)cc2)c2ccc(N3CCOCC3)c(F)c2)cc1. The number of ether oxygens (including phenoxy) is 2. The van der Waals surface area contributed by atoms with E-state index in [0.717, 1.165) is 31.7 Å². The first-order valence-corrected chi connectivity index (χ1v) is 15.3. The zero-order valence-corrected chi connectivity index (χ0v) is 25.1. The average Bonchev–Trinajstić information content (AvgIpc) is 3.26. The van der Waals surface area contributed by atoms with E-state index in [1.165, 1.54) is 12.1 Å². The summed E-state index contributed by atoms with van der Waals surface area (Å²) in [7, 11) is 1.57. The third kappa shape index (κ3) is 7.13. The maximum atomic E-state index is 15.5. The van der Waals surface area contributed by atoms with Gasteiger partial charge in [-0.3, -0.25) is 9.80 Å². The van der Waals surface area contributed by atoms with E-state index in [4.69, 9.17) is 9.47 Å². The second kappa shape index (κ2) is 13.2. The number of fused-ring (bicyclic) bond motifs is 2. The Morgan fingerprint density at radius 2 is 1.73 bits per heavy atom. The van der Waals surface area contributed by atoms with Gasteiger partial charge in [0.15, 0.2) is 0 Å². The van der Waals surface area contributed by atoms with Crippen LogP contribution in [0.2, 0.25) is 0 Å². The number of benzene rings is 2. The molecule has 3 heterocycles. The zero-order valence-electron chi connectivity index (χ0n) is 25.1. The molecule has 0 radical (unpaired) electrons. The quantitative estimate of drug-likeness (QED) is 0.281. The van der Waals surface area contributed by atoms with Crippen LogP contribution in [0.1, 0.15) is 36.8 Å². The van der Waals surface area contributed by atoms with Crippen molar-refractivity contribution >= 4 is 23.1 Å². The molecule has 2 unspecified atom stereocenters. The Morgan fingerprint density at radius 3 is 2.33 bits per heavy atom. The maximum Gasteiger partial charge on any atom is 0.424 e. The van der Waals surface area contributed by atoms with Crippen molar-refractivity contribution in [3.8, 4) is 5.75 Å². The van der Waals surface area contributed by atoms with Gasteiger partial charge in [0, 0.05) is 55.2 Å². The second-order valence-corrected chi connectivity index (χ2v) is 11.9. The summed E-state index contributed by atoms with van der Waals surface area (Å²) in [5, 5.41) is 2.96. The van der Waals surface area contributed by atoms with E-state index in [1.54, 1.807) is 48.4 Å². The van der Waals surface area contributed by atoms with Gasteiger partial charge in [-0.25, -0.2) is 9.18 Å². The van der Waals surface area contributed by atoms with Crippen molar-refractivity contribution in [1.82, 2.24) is 4.90 Å². The zero-order chi connectivity index (χ0) is 31.6. The van der Waals surface area contributed by atoms with E-state index in [9.17, 15) is 18.0 Å². The van der Waals surface area contributed by atoms with Gasteiger partial charge in [-0.15, -0.1) is 0 Å². The minimum atomic E-state index is -4.44. The standard InChI is InChI=1S/C34H36F4N4O3/c1-44-30-11-6-26(7-12-30)39-33(43)42(29-10-13-32(31(35)20-29)40-14-16-45-17-15-40)22-24-18-27-8-9-28(19-24)41(27)21-23-2-4-25(5-3-23)34(36,37)38/h2,4,6-7,10-13,20,24,27-28H,8-9,14-19,21-22H2,1H3,(H,39,43). The number of urea groups is 1. The molecule has 3 aromatic carbocycles. The lowest BCUT2D eigenvalue weighted by Crippen LogP contribution is -2.47. The molecule has 45 heavy (non-hydrogen) atoms. The van der Waals surface area contributed by atoms with Crippen LogP contribution in [0, 0.1) is 23.9 Å². The minimum absolute atomic E-state index is 0.158. The summed E-state index contributed by atoms with van der Waals surface area (Å²) >= 11 is 0. The maximum absolute atomic E-state index is 15.5. The van der Waals surface area contributed by atoms with Gasteiger partial charge in [-0.1, -0.05) is 12.1 Å². The highest BCUT2D eigenvalue weighted by atomic mass is 19.4. The van der Waals surface area contributed by atoms with Crippen molar-refractivity contribution in [3.63, 3.8) is 0 Å². The summed E-state index contributed by atoms with van der Waals surface area (Å²) in [5.41, 5.74) is 1.40. The van der Waals surface area contributed by atoms with Gasteiger partial charge >= 0.3 is 12.2 Å². The smallest absolute Gasteiger partial charge is 0.424 e. The number of piperidine rings is 1. The first kappa shape index (κ1) is 31.0. The molecule has 2 atom stereocenters. The summed E-state index contributed by atoms with van der Waals surface area (Å²) in [4.78, 5) is 19.7. The van der Waals surface area contributed by atoms with Crippen molar-refractivity contribution in [2.24, 2.45) is 5.92 Å². The summed E-state index contributed by atoms with van der Waals surface area (Å²) in [6.45, 7) is 3.18. The summed E-state index contributed by atoms with van der Waals surface area (Å²) < 4.78 is 65.1. The first-order valence-electron chi connectivity index (χ1n) is 15.3. The molecular weight excluding hydrogens is 588 g/mol. The number of carbonyl (C=O) groups is 1. The van der Waals surface area contributed by atoms with Crippen LogP contribution in [0.25, 0.3) is 0 Å². The highest BCUT2D eigenvalue weighted by Crippen LogP contribution is 2.41. The molecule has 0 saturated carbocycles. The molecule has 3 fully saturated rings. The second-order valence-electron chi connectivity index (χ2n) is 11.9. The molecule has 2 bridgehead atoms. The highest BCUT2D eigenvalue weighted by Gasteiger charge is 2.41. The number of anilines is 3. The first-order chi connectivity index (χ1) is 21.7. The highest BCUT2D eigenvalue weighted by molar-refractivity contribution is 6.01. The van der Waals surface area contributed by atoms with Crippen LogP contribution in [-0.2, 0) is 17.5 Å². The van der Waals surface area contributed by atoms with Gasteiger partial charge < -0.3 is 19.7 Å². The van der Waals surface area contributed by atoms with Crippen LogP contribution < -0.4 is 19.9 Å². The third-order valence-corrected chi connectivity index (χ3v) is 9.07. The molecule has 1 N–H and O–H groups in total. The number of alkyl halides is 3. The number of nitrogens with one attached hydrogen (secondary N) is 1. The molecule has 238 valence electrons. The predicted octanol–water partition coefficient (Wildman–Crippen LogP) is 6.77. The van der Waals surface area contributed by atoms with Crippen molar-refractivity contribution < 1.29 is 31.8 Å². The minimum Gasteiger partial charge on any atom is -0.497 e. The molecule has 11 heteroatoms. The lowest BCUT2D eigenvalue weighted by atomic mass is 9.89. The number of morpholine rings is 1. The van der Waals surface area contributed by atoms with Crippen LogP contribution in [0.4, 0.5) is 39.4 Å². The number of carbonyl (C=O) groups excluding carboxylic acids is 1. The normalized spacial score (nSPS) is 21.7. The molecule has 3 aliphatic heterocycles.